The van der Waals surface area contributed by atoms with Crippen molar-refractivity contribution in [1.82, 2.24) is 8.61 Å². The molecule has 6 nitrogen and oxygen atoms in total. The third-order valence-electron chi connectivity index (χ3n) is 5.44. The average molecular weight is 457 g/mol. The van der Waals surface area contributed by atoms with Crippen LogP contribution in [0.3, 0.4) is 0 Å². The first-order valence-electron chi connectivity index (χ1n) is 9.95. The van der Waals surface area contributed by atoms with Crippen LogP contribution in [0.2, 0.25) is 0 Å². The lowest BCUT2D eigenvalue weighted by atomic mass is 10.2. The molecule has 1 heterocycles. The molecule has 0 amide bonds. The summed E-state index contributed by atoms with van der Waals surface area (Å²) in [7, 11) is -7.87. The van der Waals surface area contributed by atoms with Gasteiger partial charge in [0, 0.05) is 12.6 Å². The Morgan fingerprint density at radius 2 is 1.23 bits per heavy atom. The monoisotopic (exact) mass is 456 g/mol. The molecule has 1 aliphatic heterocycles. The van der Waals surface area contributed by atoms with Crippen molar-refractivity contribution in [2.75, 3.05) is 6.54 Å². The van der Waals surface area contributed by atoms with Gasteiger partial charge in [-0.05, 0) is 43.7 Å². The van der Waals surface area contributed by atoms with Crippen molar-refractivity contribution in [1.29, 1.82) is 0 Å². The number of hydrogen-bond acceptors (Lipinski definition) is 4. The first kappa shape index (κ1) is 21.7. The van der Waals surface area contributed by atoms with Crippen LogP contribution >= 0.6 is 0 Å². The zero-order valence-corrected chi connectivity index (χ0v) is 18.9. The van der Waals surface area contributed by atoms with Gasteiger partial charge in [-0.1, -0.05) is 66.2 Å². The number of rotatable bonds is 5. The molecule has 0 spiro atoms. The summed E-state index contributed by atoms with van der Waals surface area (Å²) < 4.78 is 56.9. The van der Waals surface area contributed by atoms with Gasteiger partial charge in [-0.15, -0.1) is 0 Å². The molecule has 0 aromatic heterocycles. The fraction of sp³-hybridized carbons (Fsp3) is 0.217. The van der Waals surface area contributed by atoms with Crippen LogP contribution in [0.15, 0.2) is 94.7 Å². The number of benzene rings is 3. The molecular weight excluding hydrogens is 432 g/mol. The number of aryl methyl sites for hydroxylation is 1. The molecule has 0 bridgehead atoms. The summed E-state index contributed by atoms with van der Waals surface area (Å²) in [6.45, 7) is 3.68. The van der Waals surface area contributed by atoms with Crippen LogP contribution in [0.1, 0.15) is 24.2 Å². The maximum Gasteiger partial charge on any atom is 0.245 e. The van der Waals surface area contributed by atoms with Gasteiger partial charge in [-0.2, -0.15) is 8.61 Å². The minimum absolute atomic E-state index is 0.0574. The Labute approximate surface area is 183 Å². The Kier molecular flexibility index (Phi) is 5.74. The first-order chi connectivity index (χ1) is 14.7. The van der Waals surface area contributed by atoms with E-state index < -0.39 is 32.3 Å². The largest absolute Gasteiger partial charge is 0.245 e. The van der Waals surface area contributed by atoms with Gasteiger partial charge in [-0.25, -0.2) is 16.8 Å². The maximum absolute atomic E-state index is 13.6. The maximum atomic E-state index is 13.6. The van der Waals surface area contributed by atoms with Crippen molar-refractivity contribution in [3.8, 4) is 0 Å². The summed E-state index contributed by atoms with van der Waals surface area (Å²) in [4.78, 5) is 0.280. The molecule has 31 heavy (non-hydrogen) atoms. The molecule has 1 saturated heterocycles. The summed E-state index contributed by atoms with van der Waals surface area (Å²) in [5, 5.41) is 0. The van der Waals surface area contributed by atoms with Crippen LogP contribution in [0, 0.1) is 6.92 Å². The molecule has 0 radical (unpaired) electrons. The summed E-state index contributed by atoms with van der Waals surface area (Å²) in [6.07, 6.45) is -0.979. The number of hydrogen-bond donors (Lipinski definition) is 0. The third kappa shape index (κ3) is 3.92. The van der Waals surface area contributed by atoms with Gasteiger partial charge >= 0.3 is 0 Å². The van der Waals surface area contributed by atoms with E-state index in [1.165, 1.54) is 20.7 Å². The molecule has 3 aromatic carbocycles. The second kappa shape index (κ2) is 8.20. The van der Waals surface area contributed by atoms with Crippen LogP contribution < -0.4 is 0 Å². The lowest BCUT2D eigenvalue weighted by Gasteiger charge is -2.30. The highest BCUT2D eigenvalue weighted by molar-refractivity contribution is 7.90. The van der Waals surface area contributed by atoms with E-state index >= 15 is 0 Å². The molecule has 3 aromatic rings. The fourth-order valence-corrected chi connectivity index (χ4v) is 7.40. The Bertz CT molecular complexity index is 1260. The molecule has 0 unspecified atom stereocenters. The topological polar surface area (TPSA) is 74.8 Å². The minimum atomic E-state index is -3.94. The van der Waals surface area contributed by atoms with Gasteiger partial charge in [0.25, 0.3) is 0 Å². The van der Waals surface area contributed by atoms with Crippen LogP contribution in [-0.4, -0.2) is 38.0 Å². The Balaban J connectivity index is 1.87. The quantitative estimate of drug-likeness (QED) is 0.586. The predicted octanol–water partition coefficient (Wildman–Crippen LogP) is 3.78. The average Bonchev–Trinajstić information content (AvgIpc) is 3.14. The SMILES string of the molecule is Cc1ccc(S(=O)(=O)N2C[C@@H](C)N(S(=O)(=O)c3ccccc3)[C@@H]2c2ccccc2)cc1. The highest BCUT2D eigenvalue weighted by Gasteiger charge is 2.50. The van der Waals surface area contributed by atoms with Gasteiger partial charge in [0.2, 0.25) is 20.0 Å². The van der Waals surface area contributed by atoms with Crippen molar-refractivity contribution in [2.24, 2.45) is 0 Å². The smallest absolute Gasteiger partial charge is 0.207 e. The molecular formula is C23H24N2O4S2. The highest BCUT2D eigenvalue weighted by Crippen LogP contribution is 2.41. The molecule has 4 rings (SSSR count). The van der Waals surface area contributed by atoms with Crippen molar-refractivity contribution in [3.63, 3.8) is 0 Å². The molecule has 1 aliphatic rings. The second-order valence-electron chi connectivity index (χ2n) is 7.67. The van der Waals surface area contributed by atoms with E-state index in [2.05, 4.69) is 0 Å². The Morgan fingerprint density at radius 1 is 0.710 bits per heavy atom. The fourth-order valence-electron chi connectivity index (χ4n) is 3.90. The summed E-state index contributed by atoms with van der Waals surface area (Å²) in [5.41, 5.74) is 1.55. The number of sulfonamides is 2. The van der Waals surface area contributed by atoms with E-state index in [1.54, 1.807) is 73.7 Å². The van der Waals surface area contributed by atoms with Crippen molar-refractivity contribution in [2.45, 2.75) is 35.8 Å². The minimum Gasteiger partial charge on any atom is -0.207 e. The Hall–Kier alpha value is -2.52. The molecule has 0 N–H and O–H groups in total. The summed E-state index contributed by atoms with van der Waals surface area (Å²) >= 11 is 0. The van der Waals surface area contributed by atoms with E-state index in [0.717, 1.165) is 5.56 Å². The van der Waals surface area contributed by atoms with Gasteiger partial charge in [0.1, 0.15) is 6.17 Å². The van der Waals surface area contributed by atoms with Gasteiger partial charge in [-0.3, -0.25) is 0 Å². The van der Waals surface area contributed by atoms with Gasteiger partial charge in [0.05, 0.1) is 9.79 Å². The zero-order valence-electron chi connectivity index (χ0n) is 17.3. The van der Waals surface area contributed by atoms with Crippen molar-refractivity contribution < 1.29 is 16.8 Å². The van der Waals surface area contributed by atoms with E-state index in [-0.39, 0.29) is 16.3 Å². The lowest BCUT2D eigenvalue weighted by molar-refractivity contribution is 0.276. The normalized spacial score (nSPS) is 20.7. The van der Waals surface area contributed by atoms with E-state index in [4.69, 9.17) is 0 Å². The van der Waals surface area contributed by atoms with E-state index in [1.807, 2.05) is 13.0 Å². The summed E-state index contributed by atoms with van der Waals surface area (Å²) in [6, 6.07) is 23.1. The third-order valence-corrected chi connectivity index (χ3v) is 9.25. The van der Waals surface area contributed by atoms with E-state index in [0.29, 0.717) is 5.56 Å². The van der Waals surface area contributed by atoms with Crippen molar-refractivity contribution >= 4 is 20.0 Å². The summed E-state index contributed by atoms with van der Waals surface area (Å²) in [5.74, 6) is 0. The predicted molar refractivity (Wildman–Crippen MR) is 119 cm³/mol. The standard InChI is InChI=1S/C23H24N2O4S2/c1-18-13-15-22(16-14-18)30(26,27)24-17-19(2)25(23(24)20-9-5-3-6-10-20)31(28,29)21-11-7-4-8-12-21/h3-16,19,23H,17H2,1-2H3/t19-,23-/m1/s1. The molecule has 0 saturated carbocycles. The number of nitrogens with zero attached hydrogens (tertiary/aromatic N) is 2. The van der Waals surface area contributed by atoms with Crippen LogP contribution in [0.25, 0.3) is 0 Å². The molecule has 0 aliphatic carbocycles. The van der Waals surface area contributed by atoms with E-state index in [9.17, 15) is 16.8 Å². The van der Waals surface area contributed by atoms with Crippen LogP contribution in [-0.2, 0) is 20.0 Å². The molecule has 162 valence electrons. The van der Waals surface area contributed by atoms with Gasteiger partial charge in [0.15, 0.2) is 0 Å². The lowest BCUT2D eigenvalue weighted by Crippen LogP contribution is -2.39. The Morgan fingerprint density at radius 3 is 1.81 bits per heavy atom. The molecule has 1 fully saturated rings. The molecule has 8 heteroatoms. The first-order valence-corrected chi connectivity index (χ1v) is 12.8. The highest BCUT2D eigenvalue weighted by atomic mass is 32.2. The van der Waals surface area contributed by atoms with Crippen LogP contribution in [0.5, 0.6) is 0 Å². The second-order valence-corrected chi connectivity index (χ2v) is 11.4. The van der Waals surface area contributed by atoms with Crippen LogP contribution in [0.4, 0.5) is 0 Å². The zero-order chi connectivity index (χ0) is 22.2. The molecule has 2 atom stereocenters. The van der Waals surface area contributed by atoms with Crippen molar-refractivity contribution in [3.05, 3.63) is 96.1 Å². The van der Waals surface area contributed by atoms with Gasteiger partial charge < -0.3 is 0 Å².